The summed E-state index contributed by atoms with van der Waals surface area (Å²) in [6.07, 6.45) is 1.46. The number of hydrogen-bond donors (Lipinski definition) is 0. The summed E-state index contributed by atoms with van der Waals surface area (Å²) in [5, 5.41) is 0. The smallest absolute Gasteiger partial charge is 0.0999 e. The van der Waals surface area contributed by atoms with Crippen LogP contribution >= 0.6 is 0 Å². The Morgan fingerprint density at radius 2 is 2.25 bits per heavy atom. The van der Waals surface area contributed by atoms with Gasteiger partial charge in [-0.25, -0.2) is 0 Å². The van der Waals surface area contributed by atoms with Crippen molar-refractivity contribution in [2.24, 2.45) is 0 Å². The fourth-order valence-corrected chi connectivity index (χ4v) is 0.319. The average Bonchev–Trinajstić information content (AvgIpc) is 1.66. The van der Waals surface area contributed by atoms with E-state index < -0.39 is 0 Å². The fraction of sp³-hybridized carbons (Fsp3) is 0.667. The molecule has 2 nitrogen and oxygen atoms in total. The Labute approximate surface area is 50.7 Å². The molecule has 0 aliphatic carbocycles. The Morgan fingerprint density at radius 1 is 1.62 bits per heavy atom. The van der Waals surface area contributed by atoms with E-state index >= 15 is 0 Å². The van der Waals surface area contributed by atoms with Crippen molar-refractivity contribution in [2.75, 3.05) is 27.2 Å². The van der Waals surface area contributed by atoms with Gasteiger partial charge in [0.05, 0.1) is 12.9 Å². The molecule has 0 bridgehead atoms. The Hall–Kier alpha value is -0.500. The molecule has 0 fully saturated rings. The van der Waals surface area contributed by atoms with Gasteiger partial charge in [0.25, 0.3) is 0 Å². The molecule has 0 radical (unpaired) electrons. The van der Waals surface area contributed by atoms with Gasteiger partial charge in [-0.3, -0.25) is 0 Å². The summed E-state index contributed by atoms with van der Waals surface area (Å²) >= 11 is 0. The van der Waals surface area contributed by atoms with Gasteiger partial charge in [0.1, 0.15) is 0 Å². The molecule has 0 aliphatic heterocycles. The van der Waals surface area contributed by atoms with Gasteiger partial charge in [-0.05, 0) is 14.1 Å². The van der Waals surface area contributed by atoms with Gasteiger partial charge >= 0.3 is 0 Å². The number of hydrogen-bond acceptors (Lipinski definition) is 2. The normalized spacial score (nSPS) is 9.38. The van der Waals surface area contributed by atoms with Gasteiger partial charge in [0.2, 0.25) is 0 Å². The van der Waals surface area contributed by atoms with Crippen LogP contribution in [0.3, 0.4) is 0 Å². The minimum Gasteiger partial charge on any atom is -0.500 e. The molecule has 0 saturated carbocycles. The van der Waals surface area contributed by atoms with E-state index in [-0.39, 0.29) is 0 Å². The lowest BCUT2D eigenvalue weighted by molar-refractivity contribution is 0.213. The standard InChI is InChI=1S/C6H13NO/c1-4-8-6-5-7(2)3/h4H,1,5-6H2,2-3H3. The van der Waals surface area contributed by atoms with Gasteiger partial charge in [-0.1, -0.05) is 6.58 Å². The molecule has 0 heterocycles. The summed E-state index contributed by atoms with van der Waals surface area (Å²) in [5.41, 5.74) is 0. The molecule has 2 heteroatoms. The topological polar surface area (TPSA) is 12.5 Å². The number of rotatable bonds is 4. The van der Waals surface area contributed by atoms with Crippen molar-refractivity contribution in [1.82, 2.24) is 4.90 Å². The molecule has 0 unspecified atom stereocenters. The molecule has 0 aliphatic rings. The third kappa shape index (κ3) is 5.50. The Bertz CT molecular complexity index is 61.5. The molecule has 0 saturated heterocycles. The minimum absolute atomic E-state index is 0.733. The Kier molecular flexibility index (Phi) is 4.36. The first-order chi connectivity index (χ1) is 3.77. The zero-order valence-corrected chi connectivity index (χ0v) is 5.55. The van der Waals surface area contributed by atoms with E-state index in [0.717, 1.165) is 13.2 Å². The first-order valence-corrected chi connectivity index (χ1v) is 2.64. The first kappa shape index (κ1) is 7.50. The number of ether oxygens (including phenoxy) is 1. The Balaban J connectivity index is 2.81. The molecule has 0 amide bonds. The summed E-state index contributed by atoms with van der Waals surface area (Å²) in [4.78, 5) is 2.06. The van der Waals surface area contributed by atoms with E-state index in [1.54, 1.807) is 0 Å². The van der Waals surface area contributed by atoms with Crippen LogP contribution in [0.5, 0.6) is 0 Å². The predicted octanol–water partition coefficient (Wildman–Crippen LogP) is 0.708. The molecule has 8 heavy (non-hydrogen) atoms. The van der Waals surface area contributed by atoms with Crippen molar-refractivity contribution in [2.45, 2.75) is 0 Å². The van der Waals surface area contributed by atoms with Crippen molar-refractivity contribution in [3.05, 3.63) is 12.8 Å². The largest absolute Gasteiger partial charge is 0.500 e. The fourth-order valence-electron chi connectivity index (χ4n) is 0.319. The van der Waals surface area contributed by atoms with Crippen LogP contribution in [0.4, 0.5) is 0 Å². The highest BCUT2D eigenvalue weighted by atomic mass is 16.5. The Morgan fingerprint density at radius 3 is 2.62 bits per heavy atom. The van der Waals surface area contributed by atoms with Crippen LogP contribution in [0.2, 0.25) is 0 Å². The average molecular weight is 115 g/mol. The number of nitrogens with zero attached hydrogens (tertiary/aromatic N) is 1. The van der Waals surface area contributed by atoms with Crippen LogP contribution in [0.15, 0.2) is 12.8 Å². The van der Waals surface area contributed by atoms with Crippen LogP contribution in [0.1, 0.15) is 0 Å². The van der Waals surface area contributed by atoms with E-state index in [0.29, 0.717) is 0 Å². The number of likely N-dealkylation sites (N-methyl/N-ethyl adjacent to an activating group) is 1. The van der Waals surface area contributed by atoms with E-state index in [4.69, 9.17) is 4.74 Å². The van der Waals surface area contributed by atoms with Crippen LogP contribution in [-0.2, 0) is 4.74 Å². The molecule has 0 spiro atoms. The van der Waals surface area contributed by atoms with Crippen molar-refractivity contribution in [3.8, 4) is 0 Å². The second-order valence-electron chi connectivity index (χ2n) is 1.84. The van der Waals surface area contributed by atoms with Crippen LogP contribution in [0.25, 0.3) is 0 Å². The van der Waals surface area contributed by atoms with Gasteiger partial charge in [-0.2, -0.15) is 0 Å². The van der Waals surface area contributed by atoms with E-state index in [2.05, 4.69) is 11.5 Å². The van der Waals surface area contributed by atoms with Crippen molar-refractivity contribution in [1.29, 1.82) is 0 Å². The first-order valence-electron chi connectivity index (χ1n) is 2.64. The third-order valence-electron chi connectivity index (χ3n) is 0.774. The molecule has 0 rings (SSSR count). The minimum atomic E-state index is 0.733. The van der Waals surface area contributed by atoms with Crippen LogP contribution in [0, 0.1) is 0 Å². The highest BCUT2D eigenvalue weighted by molar-refractivity contribution is 4.49. The van der Waals surface area contributed by atoms with E-state index in [1.807, 2.05) is 14.1 Å². The second-order valence-corrected chi connectivity index (χ2v) is 1.84. The lowest BCUT2D eigenvalue weighted by Gasteiger charge is -2.07. The summed E-state index contributed by atoms with van der Waals surface area (Å²) in [5.74, 6) is 0. The van der Waals surface area contributed by atoms with Gasteiger partial charge in [0, 0.05) is 6.54 Å². The van der Waals surface area contributed by atoms with Crippen molar-refractivity contribution < 1.29 is 4.74 Å². The molecule has 0 aromatic rings. The predicted molar refractivity (Wildman–Crippen MR) is 34.7 cm³/mol. The SMILES string of the molecule is C=COCCN(C)C. The monoisotopic (exact) mass is 115 g/mol. The molecular formula is C6H13NO. The third-order valence-corrected chi connectivity index (χ3v) is 0.774. The maximum Gasteiger partial charge on any atom is 0.0999 e. The summed E-state index contributed by atoms with van der Waals surface area (Å²) < 4.78 is 4.87. The molecule has 48 valence electrons. The van der Waals surface area contributed by atoms with E-state index in [9.17, 15) is 0 Å². The summed E-state index contributed by atoms with van der Waals surface area (Å²) in [6, 6.07) is 0. The van der Waals surface area contributed by atoms with Gasteiger partial charge in [-0.15, -0.1) is 0 Å². The lowest BCUT2D eigenvalue weighted by atomic mass is 10.6. The van der Waals surface area contributed by atoms with Crippen LogP contribution in [-0.4, -0.2) is 32.1 Å². The zero-order valence-electron chi connectivity index (χ0n) is 5.55. The maximum atomic E-state index is 4.87. The second kappa shape index (κ2) is 4.65. The molecule has 0 aromatic carbocycles. The van der Waals surface area contributed by atoms with Crippen molar-refractivity contribution >= 4 is 0 Å². The quantitative estimate of drug-likeness (QED) is 0.395. The van der Waals surface area contributed by atoms with Crippen molar-refractivity contribution in [3.63, 3.8) is 0 Å². The summed E-state index contributed by atoms with van der Waals surface area (Å²) in [6.45, 7) is 5.10. The summed E-state index contributed by atoms with van der Waals surface area (Å²) in [7, 11) is 4.01. The molecular weight excluding hydrogens is 102 g/mol. The van der Waals surface area contributed by atoms with Crippen LogP contribution < -0.4 is 0 Å². The lowest BCUT2D eigenvalue weighted by Crippen LogP contribution is -2.16. The highest BCUT2D eigenvalue weighted by Crippen LogP contribution is 1.76. The highest BCUT2D eigenvalue weighted by Gasteiger charge is 1.84. The maximum absolute atomic E-state index is 4.87. The zero-order chi connectivity index (χ0) is 6.41. The van der Waals surface area contributed by atoms with Gasteiger partial charge in [0.15, 0.2) is 0 Å². The molecule has 0 atom stereocenters. The molecule has 0 N–H and O–H groups in total. The van der Waals surface area contributed by atoms with Gasteiger partial charge < -0.3 is 9.64 Å². The van der Waals surface area contributed by atoms with E-state index in [1.165, 1.54) is 6.26 Å². The molecule has 0 aromatic heterocycles.